The van der Waals surface area contributed by atoms with Gasteiger partial charge < -0.3 is 14.8 Å². The number of amides is 3. The maximum Gasteiger partial charge on any atom is 0.320 e. The third kappa shape index (κ3) is 2.98. The van der Waals surface area contributed by atoms with Gasteiger partial charge in [0.05, 0.1) is 12.1 Å². The number of aromatic nitrogens is 1. The van der Waals surface area contributed by atoms with Gasteiger partial charge in [0.2, 0.25) is 0 Å². The largest absolute Gasteiger partial charge is 0.482 e. The van der Waals surface area contributed by atoms with Crippen molar-refractivity contribution in [3.63, 3.8) is 0 Å². The molecule has 10 heteroatoms. The van der Waals surface area contributed by atoms with E-state index in [9.17, 15) is 9.59 Å². The van der Waals surface area contributed by atoms with Gasteiger partial charge in [-0.3, -0.25) is 10.1 Å². The molecule has 2 N–H and O–H groups in total. The highest BCUT2D eigenvalue weighted by Crippen LogP contribution is 2.41. The molecule has 0 unspecified atom stereocenters. The molecule has 0 bridgehead atoms. The molecule has 27 heavy (non-hydrogen) atoms. The van der Waals surface area contributed by atoms with Gasteiger partial charge >= 0.3 is 6.03 Å². The lowest BCUT2D eigenvalue weighted by Crippen LogP contribution is -2.34. The van der Waals surface area contributed by atoms with E-state index in [2.05, 4.69) is 25.6 Å². The topological polar surface area (TPSA) is 138 Å². The number of benzene rings is 1. The lowest BCUT2D eigenvalue weighted by molar-refractivity contribution is -0.124. The minimum absolute atomic E-state index is 0.283. The van der Waals surface area contributed by atoms with Crippen LogP contribution in [0.4, 0.5) is 10.6 Å². The number of pyridine rings is 1. The van der Waals surface area contributed by atoms with Crippen molar-refractivity contribution in [3.05, 3.63) is 52.0 Å². The van der Waals surface area contributed by atoms with Gasteiger partial charge in [0.1, 0.15) is 23.1 Å². The predicted octanol–water partition coefficient (Wildman–Crippen LogP) is 3.21. The molecule has 0 aliphatic carbocycles. The second-order valence-corrected chi connectivity index (χ2v) is 6.10. The summed E-state index contributed by atoms with van der Waals surface area (Å²) in [6, 6.07) is 6.60. The van der Waals surface area contributed by atoms with E-state index < -0.39 is 12.0 Å². The predicted molar refractivity (Wildman–Crippen MR) is 93.6 cm³/mol. The Labute approximate surface area is 153 Å². The molecule has 2 atom stereocenters. The van der Waals surface area contributed by atoms with Crippen LogP contribution in [0.1, 0.15) is 24.0 Å². The molecule has 1 aromatic heterocycles. The summed E-state index contributed by atoms with van der Waals surface area (Å²) in [5.41, 5.74) is 9.97. The zero-order valence-corrected chi connectivity index (χ0v) is 14.2. The number of nitrogens with zero attached hydrogens (tertiary/aromatic N) is 4. The Bertz CT molecular complexity index is 1000. The first-order valence-electron chi connectivity index (χ1n) is 8.17. The molecule has 0 saturated carbocycles. The number of fused-ring (bicyclic) bond motifs is 2. The van der Waals surface area contributed by atoms with E-state index in [0.717, 1.165) is 11.1 Å². The first-order valence-corrected chi connectivity index (χ1v) is 8.17. The van der Waals surface area contributed by atoms with Crippen molar-refractivity contribution in [3.8, 4) is 17.2 Å². The summed E-state index contributed by atoms with van der Waals surface area (Å²) in [6.45, 7) is 2.12. The molecule has 3 heterocycles. The molecule has 10 nitrogen and oxygen atoms in total. The Morgan fingerprint density at radius 1 is 1.44 bits per heavy atom. The molecular weight excluding hydrogens is 352 g/mol. The molecule has 2 aromatic rings. The average molecular weight is 366 g/mol. The van der Waals surface area contributed by atoms with Crippen molar-refractivity contribution < 1.29 is 19.1 Å². The molecule has 3 amide bonds. The highest BCUT2D eigenvalue weighted by atomic mass is 16.5. The standard InChI is InChI=1S/C17H14N6O4/c1-8-10-6-9(2-3-12(10)27-14(8)16(24)22-23-18)26-13-4-5-19-15-11(13)7-20-17(25)21-15/h2-6,8,14H,7H2,1H3,(H2,19,20,21,25)/t8-,14+/m0/s1. The highest BCUT2D eigenvalue weighted by Gasteiger charge is 2.36. The van der Waals surface area contributed by atoms with Crippen LogP contribution >= 0.6 is 0 Å². The van der Waals surface area contributed by atoms with Crippen LogP contribution in [-0.2, 0) is 11.3 Å². The van der Waals surface area contributed by atoms with Gasteiger partial charge in [0.25, 0.3) is 5.91 Å². The van der Waals surface area contributed by atoms with E-state index in [1.54, 1.807) is 30.5 Å². The molecular formula is C17H14N6O4. The van der Waals surface area contributed by atoms with Crippen molar-refractivity contribution in [2.24, 2.45) is 5.11 Å². The lowest BCUT2D eigenvalue weighted by Gasteiger charge is -2.20. The van der Waals surface area contributed by atoms with Gasteiger partial charge in [-0.2, -0.15) is 0 Å². The van der Waals surface area contributed by atoms with E-state index in [4.69, 9.17) is 15.0 Å². The maximum absolute atomic E-state index is 11.9. The minimum atomic E-state index is -0.848. The van der Waals surface area contributed by atoms with Gasteiger partial charge in [-0.05, 0) is 34.9 Å². The Morgan fingerprint density at radius 3 is 3.11 bits per heavy atom. The third-order valence-corrected chi connectivity index (χ3v) is 4.46. The SMILES string of the molecule is C[C@H]1c2cc(Oc3ccnc4c3CNC(=O)N4)ccc2O[C@H]1C(=O)N=[N+]=[N-]. The van der Waals surface area contributed by atoms with Crippen molar-refractivity contribution >= 4 is 17.8 Å². The second kappa shape index (κ2) is 6.50. The van der Waals surface area contributed by atoms with Crippen LogP contribution in [-0.4, -0.2) is 23.0 Å². The number of hydrogen-bond donors (Lipinski definition) is 2. The second-order valence-electron chi connectivity index (χ2n) is 6.10. The lowest BCUT2D eigenvalue weighted by atomic mass is 9.97. The van der Waals surface area contributed by atoms with Crippen molar-refractivity contribution in [2.75, 3.05) is 5.32 Å². The van der Waals surface area contributed by atoms with Crippen LogP contribution in [0, 0.1) is 0 Å². The summed E-state index contributed by atoms with van der Waals surface area (Å²) in [4.78, 5) is 29.9. The molecule has 2 aliphatic heterocycles. The normalized spacial score (nSPS) is 19.5. The van der Waals surface area contributed by atoms with Crippen molar-refractivity contribution in [1.29, 1.82) is 0 Å². The first kappa shape index (κ1) is 16.7. The smallest absolute Gasteiger partial charge is 0.320 e. The van der Waals surface area contributed by atoms with Crippen LogP contribution < -0.4 is 20.1 Å². The Morgan fingerprint density at radius 2 is 2.30 bits per heavy atom. The summed E-state index contributed by atoms with van der Waals surface area (Å²) in [5.74, 6) is 1.16. The number of nitrogens with one attached hydrogen (secondary N) is 2. The Hall–Kier alpha value is -3.78. The van der Waals surface area contributed by atoms with Crippen molar-refractivity contribution in [1.82, 2.24) is 10.3 Å². The summed E-state index contributed by atoms with van der Waals surface area (Å²) in [7, 11) is 0. The van der Waals surface area contributed by atoms with Crippen LogP contribution in [0.15, 0.2) is 35.6 Å². The molecule has 136 valence electrons. The summed E-state index contributed by atoms with van der Waals surface area (Å²) >= 11 is 0. The molecule has 0 saturated heterocycles. The minimum Gasteiger partial charge on any atom is -0.482 e. The van der Waals surface area contributed by atoms with Gasteiger partial charge in [0.15, 0.2) is 6.10 Å². The van der Waals surface area contributed by atoms with E-state index >= 15 is 0 Å². The van der Waals surface area contributed by atoms with E-state index in [0.29, 0.717) is 29.6 Å². The first-order chi connectivity index (χ1) is 13.1. The zero-order chi connectivity index (χ0) is 19.0. The van der Waals surface area contributed by atoms with Crippen LogP contribution in [0.2, 0.25) is 0 Å². The summed E-state index contributed by atoms with van der Waals surface area (Å²) in [6.07, 6.45) is 0.701. The van der Waals surface area contributed by atoms with E-state index in [-0.39, 0.29) is 11.9 Å². The Kier molecular flexibility index (Phi) is 4.02. The number of carbonyl (C=O) groups is 2. The van der Waals surface area contributed by atoms with Gasteiger partial charge in [0, 0.05) is 22.6 Å². The molecule has 0 radical (unpaired) electrons. The summed E-state index contributed by atoms with van der Waals surface area (Å²) in [5, 5.41) is 8.42. The van der Waals surface area contributed by atoms with Crippen molar-refractivity contribution in [2.45, 2.75) is 25.5 Å². The maximum atomic E-state index is 11.9. The van der Waals surface area contributed by atoms with Crippen LogP contribution in [0.5, 0.6) is 17.2 Å². The fourth-order valence-electron chi connectivity index (χ4n) is 3.12. The number of ether oxygens (including phenoxy) is 2. The van der Waals surface area contributed by atoms with E-state index in [1.807, 2.05) is 6.92 Å². The van der Waals surface area contributed by atoms with Gasteiger partial charge in [-0.15, -0.1) is 0 Å². The number of anilines is 1. The van der Waals surface area contributed by atoms with Crippen LogP contribution in [0.25, 0.3) is 10.4 Å². The van der Waals surface area contributed by atoms with Gasteiger partial charge in [-0.1, -0.05) is 6.92 Å². The average Bonchev–Trinajstić information content (AvgIpc) is 2.98. The fraction of sp³-hybridized carbons (Fsp3) is 0.235. The highest BCUT2D eigenvalue weighted by molar-refractivity contribution is 5.91. The quantitative estimate of drug-likeness (QED) is 0.488. The molecule has 0 fully saturated rings. The molecule has 1 aromatic carbocycles. The van der Waals surface area contributed by atoms with Gasteiger partial charge in [-0.25, -0.2) is 9.78 Å². The molecule has 0 spiro atoms. The fourth-order valence-corrected chi connectivity index (χ4v) is 3.12. The number of hydrogen-bond acceptors (Lipinski definition) is 5. The molecule has 4 rings (SSSR count). The monoisotopic (exact) mass is 366 g/mol. The number of rotatable bonds is 3. The number of carbonyl (C=O) groups excluding carboxylic acids is 2. The Balaban J connectivity index is 1.60. The number of urea groups is 1. The third-order valence-electron chi connectivity index (χ3n) is 4.46. The summed E-state index contributed by atoms with van der Waals surface area (Å²) < 4.78 is 11.6. The molecule has 2 aliphatic rings. The van der Waals surface area contributed by atoms with E-state index in [1.165, 1.54) is 0 Å². The number of azide groups is 1. The van der Waals surface area contributed by atoms with Crippen LogP contribution in [0.3, 0.4) is 0 Å². The zero-order valence-electron chi connectivity index (χ0n) is 14.2.